The van der Waals surface area contributed by atoms with Crippen LogP contribution in [0, 0.1) is 5.92 Å². The van der Waals surface area contributed by atoms with Gasteiger partial charge in [0.2, 0.25) is 11.8 Å². The van der Waals surface area contributed by atoms with Gasteiger partial charge in [-0.15, -0.1) is 0 Å². The molecule has 0 bridgehead atoms. The maximum Gasteiger partial charge on any atom is 0.305 e. The van der Waals surface area contributed by atoms with E-state index in [1.54, 1.807) is 23.1 Å². The number of nitrogens with zero attached hydrogens (tertiary/aromatic N) is 1. The van der Waals surface area contributed by atoms with E-state index in [1.807, 2.05) is 12.1 Å². The summed E-state index contributed by atoms with van der Waals surface area (Å²) in [5, 5.41) is 0. The van der Waals surface area contributed by atoms with Crippen LogP contribution in [-0.2, 0) is 9.59 Å². The number of carbonyl (C=O) groups excluding carboxylic acids is 3. The minimum Gasteiger partial charge on any atom is -0.459 e. The van der Waals surface area contributed by atoms with Crippen LogP contribution in [0.5, 0.6) is 0 Å². The zero-order chi connectivity index (χ0) is 17.1. The fourth-order valence-electron chi connectivity index (χ4n) is 2.44. The van der Waals surface area contributed by atoms with E-state index in [0.29, 0.717) is 0 Å². The van der Waals surface area contributed by atoms with Crippen LogP contribution < -0.4 is 15.8 Å². The minimum absolute atomic E-state index is 0.0919. The summed E-state index contributed by atoms with van der Waals surface area (Å²) in [5.41, 5.74) is 5.33. The Bertz CT molecular complexity index is 758. The quantitative estimate of drug-likeness (QED) is 0.781. The summed E-state index contributed by atoms with van der Waals surface area (Å²) in [6, 6.07) is 10.3. The molecule has 1 aromatic heterocycles. The summed E-state index contributed by atoms with van der Waals surface area (Å²) >= 11 is 3.34. The van der Waals surface area contributed by atoms with Gasteiger partial charge in [-0.25, -0.2) is 0 Å². The number of benzene rings is 1. The molecule has 124 valence electrons. The second-order valence-corrected chi connectivity index (χ2v) is 6.22. The summed E-state index contributed by atoms with van der Waals surface area (Å²) in [7, 11) is 0. The van der Waals surface area contributed by atoms with Crippen molar-refractivity contribution >= 4 is 39.3 Å². The lowest BCUT2D eigenvalue weighted by Gasteiger charge is -2.16. The molecule has 1 aliphatic heterocycles. The van der Waals surface area contributed by atoms with E-state index >= 15 is 0 Å². The Kier molecular flexibility index (Phi) is 4.66. The minimum atomic E-state index is -0.553. The normalized spacial score (nSPS) is 17.0. The first kappa shape index (κ1) is 16.3. The highest BCUT2D eigenvalue weighted by molar-refractivity contribution is 9.10. The highest BCUT2D eigenvalue weighted by atomic mass is 79.9. The van der Waals surface area contributed by atoms with Crippen LogP contribution in [0.2, 0.25) is 0 Å². The molecule has 2 aromatic rings. The van der Waals surface area contributed by atoms with Gasteiger partial charge in [-0.05, 0) is 36.4 Å². The zero-order valence-corrected chi connectivity index (χ0v) is 14.1. The molecule has 2 N–H and O–H groups in total. The van der Waals surface area contributed by atoms with Gasteiger partial charge in [0.05, 0.1) is 12.2 Å². The van der Waals surface area contributed by atoms with Gasteiger partial charge >= 0.3 is 5.91 Å². The van der Waals surface area contributed by atoms with Crippen molar-refractivity contribution < 1.29 is 18.8 Å². The largest absolute Gasteiger partial charge is 0.459 e. The topological polar surface area (TPSA) is 91.7 Å². The van der Waals surface area contributed by atoms with E-state index in [1.165, 1.54) is 12.3 Å². The van der Waals surface area contributed by atoms with Crippen LogP contribution in [0.1, 0.15) is 17.0 Å². The molecule has 8 heteroatoms. The van der Waals surface area contributed by atoms with Gasteiger partial charge in [0, 0.05) is 23.1 Å². The third-order valence-corrected chi connectivity index (χ3v) is 4.21. The number of hydrazine groups is 1. The summed E-state index contributed by atoms with van der Waals surface area (Å²) in [5.74, 6) is -1.53. The fourth-order valence-corrected chi connectivity index (χ4v) is 2.71. The SMILES string of the molecule is O=C(NNC(=O)[C@@H]1CC(=O)N(c2ccc(Br)cc2)C1)c1ccco1. The molecule has 7 nitrogen and oxygen atoms in total. The van der Waals surface area contributed by atoms with Gasteiger partial charge in [0.25, 0.3) is 0 Å². The van der Waals surface area contributed by atoms with Crippen molar-refractivity contribution in [3.8, 4) is 0 Å². The molecule has 0 unspecified atom stereocenters. The number of hydrogen-bond acceptors (Lipinski definition) is 4. The molecule has 0 spiro atoms. The molecule has 0 saturated carbocycles. The number of anilines is 1. The maximum atomic E-state index is 12.2. The highest BCUT2D eigenvalue weighted by Crippen LogP contribution is 2.26. The predicted octanol–water partition coefficient (Wildman–Crippen LogP) is 1.86. The Balaban J connectivity index is 1.58. The van der Waals surface area contributed by atoms with Gasteiger partial charge in [0.15, 0.2) is 5.76 Å². The first-order valence-electron chi connectivity index (χ1n) is 7.24. The Morgan fingerprint density at radius 3 is 2.58 bits per heavy atom. The Morgan fingerprint density at radius 2 is 1.92 bits per heavy atom. The maximum absolute atomic E-state index is 12.2. The summed E-state index contributed by atoms with van der Waals surface area (Å²) in [6.45, 7) is 0.267. The number of rotatable bonds is 3. The molecule has 0 radical (unpaired) electrons. The molecule has 1 fully saturated rings. The average Bonchev–Trinajstić information content (AvgIpc) is 3.23. The van der Waals surface area contributed by atoms with Gasteiger partial charge in [-0.3, -0.25) is 25.2 Å². The first-order valence-corrected chi connectivity index (χ1v) is 8.03. The van der Waals surface area contributed by atoms with E-state index in [-0.39, 0.29) is 24.6 Å². The van der Waals surface area contributed by atoms with Crippen molar-refractivity contribution in [3.05, 3.63) is 52.9 Å². The Hall–Kier alpha value is -2.61. The lowest BCUT2D eigenvalue weighted by Crippen LogP contribution is -2.45. The molecule has 1 aromatic carbocycles. The van der Waals surface area contributed by atoms with Gasteiger partial charge in [0.1, 0.15) is 0 Å². The molecule has 24 heavy (non-hydrogen) atoms. The number of carbonyl (C=O) groups is 3. The second kappa shape index (κ2) is 6.88. The van der Waals surface area contributed by atoms with Crippen LogP contribution in [0.25, 0.3) is 0 Å². The van der Waals surface area contributed by atoms with Gasteiger partial charge < -0.3 is 9.32 Å². The zero-order valence-electron chi connectivity index (χ0n) is 12.5. The Morgan fingerprint density at radius 1 is 1.17 bits per heavy atom. The molecule has 3 rings (SSSR count). The van der Waals surface area contributed by atoms with Crippen LogP contribution in [-0.4, -0.2) is 24.3 Å². The van der Waals surface area contributed by atoms with Crippen molar-refractivity contribution in [1.82, 2.24) is 10.9 Å². The Labute approximate surface area is 146 Å². The molecular weight excluding hydrogens is 378 g/mol. The van der Waals surface area contributed by atoms with Crippen LogP contribution in [0.3, 0.4) is 0 Å². The standard InChI is InChI=1S/C16H14BrN3O4/c17-11-3-5-12(6-4-11)20-9-10(8-14(20)21)15(22)18-19-16(23)13-2-1-7-24-13/h1-7,10H,8-9H2,(H,18,22)(H,19,23)/t10-/m1/s1. The number of halogens is 1. The van der Waals surface area contributed by atoms with E-state index < -0.39 is 17.7 Å². The van der Waals surface area contributed by atoms with Crippen LogP contribution in [0.4, 0.5) is 5.69 Å². The number of amides is 3. The number of nitrogens with one attached hydrogen (secondary N) is 2. The summed E-state index contributed by atoms with van der Waals surface area (Å²) < 4.78 is 5.84. The lowest BCUT2D eigenvalue weighted by molar-refractivity contribution is -0.126. The van der Waals surface area contributed by atoms with E-state index in [4.69, 9.17) is 4.42 Å². The lowest BCUT2D eigenvalue weighted by atomic mass is 10.1. The molecule has 2 heterocycles. The molecule has 1 atom stereocenters. The predicted molar refractivity (Wildman–Crippen MR) is 88.9 cm³/mol. The van der Waals surface area contributed by atoms with Gasteiger partial charge in [-0.1, -0.05) is 15.9 Å². The highest BCUT2D eigenvalue weighted by Gasteiger charge is 2.35. The number of hydrogen-bond donors (Lipinski definition) is 2. The molecule has 0 aliphatic carbocycles. The van der Waals surface area contributed by atoms with E-state index in [9.17, 15) is 14.4 Å². The summed E-state index contributed by atoms with van der Waals surface area (Å²) in [4.78, 5) is 37.6. The van der Waals surface area contributed by atoms with E-state index in [2.05, 4.69) is 26.8 Å². The monoisotopic (exact) mass is 391 g/mol. The fraction of sp³-hybridized carbons (Fsp3) is 0.188. The van der Waals surface area contributed by atoms with Gasteiger partial charge in [-0.2, -0.15) is 0 Å². The molecule has 1 aliphatic rings. The number of furan rings is 1. The van der Waals surface area contributed by atoms with Crippen molar-refractivity contribution in [2.24, 2.45) is 5.92 Å². The van der Waals surface area contributed by atoms with Crippen molar-refractivity contribution in [3.63, 3.8) is 0 Å². The second-order valence-electron chi connectivity index (χ2n) is 5.30. The first-order chi connectivity index (χ1) is 11.5. The third kappa shape index (κ3) is 3.48. The molecule has 1 saturated heterocycles. The summed E-state index contributed by atoms with van der Waals surface area (Å²) in [6.07, 6.45) is 1.46. The molecule has 3 amide bonds. The van der Waals surface area contributed by atoms with Crippen molar-refractivity contribution in [2.75, 3.05) is 11.4 Å². The van der Waals surface area contributed by atoms with Crippen LogP contribution in [0.15, 0.2) is 51.6 Å². The van der Waals surface area contributed by atoms with Crippen molar-refractivity contribution in [1.29, 1.82) is 0 Å². The van der Waals surface area contributed by atoms with Crippen molar-refractivity contribution in [2.45, 2.75) is 6.42 Å². The average molecular weight is 392 g/mol. The van der Waals surface area contributed by atoms with Crippen LogP contribution >= 0.6 is 15.9 Å². The smallest absolute Gasteiger partial charge is 0.305 e. The third-order valence-electron chi connectivity index (χ3n) is 3.68. The van der Waals surface area contributed by atoms with E-state index in [0.717, 1.165) is 10.2 Å². The molecular formula is C16H14BrN3O4.